The first-order chi connectivity index (χ1) is 8.97. The van der Waals surface area contributed by atoms with Crippen LogP contribution in [-0.4, -0.2) is 18.6 Å². The number of hydrogen-bond acceptors (Lipinski definition) is 2. The van der Waals surface area contributed by atoms with Gasteiger partial charge in [0.05, 0.1) is 13.0 Å². The number of carbonyl (C=O) groups excluding carboxylic acids is 1. The molecule has 0 N–H and O–H groups in total. The van der Waals surface area contributed by atoms with Gasteiger partial charge in [-0.1, -0.05) is 30.3 Å². The minimum Gasteiger partial charge on any atom is -0.377 e. The van der Waals surface area contributed by atoms with E-state index in [1.165, 1.54) is 0 Å². The lowest BCUT2D eigenvalue weighted by molar-refractivity contribution is -0.143. The zero-order chi connectivity index (χ0) is 14.1. The molecule has 0 spiro atoms. The van der Waals surface area contributed by atoms with Gasteiger partial charge in [-0.15, -0.1) is 0 Å². The maximum absolute atomic E-state index is 11.9. The highest BCUT2D eigenvalue weighted by molar-refractivity contribution is 5.78. The van der Waals surface area contributed by atoms with Gasteiger partial charge in [-0.05, 0) is 12.0 Å². The van der Waals surface area contributed by atoms with Crippen molar-refractivity contribution in [2.24, 2.45) is 0 Å². The molecule has 0 saturated carbocycles. The molecule has 0 bridgehead atoms. The number of rotatable bonds is 8. The molecule has 0 unspecified atom stereocenters. The van der Waals surface area contributed by atoms with Crippen LogP contribution in [0.25, 0.3) is 0 Å². The molecular weight excluding hydrogens is 257 g/mol. The zero-order valence-electron chi connectivity index (χ0n) is 10.6. The fourth-order valence-electron chi connectivity index (χ4n) is 1.54. The Labute approximate surface area is 110 Å². The molecule has 0 amide bonds. The van der Waals surface area contributed by atoms with Gasteiger partial charge in [0.15, 0.2) is 0 Å². The van der Waals surface area contributed by atoms with E-state index in [9.17, 15) is 18.0 Å². The number of Topliss-reactive ketones (excluding diaryl/α,β-unsaturated/α-hetero) is 1. The summed E-state index contributed by atoms with van der Waals surface area (Å²) in [6.07, 6.45) is -5.10. The minimum absolute atomic E-state index is 0.144. The van der Waals surface area contributed by atoms with Crippen molar-refractivity contribution in [2.75, 3.05) is 6.61 Å². The van der Waals surface area contributed by atoms with Crippen molar-refractivity contribution in [3.8, 4) is 0 Å². The third-order valence-electron chi connectivity index (χ3n) is 2.54. The molecule has 0 atom stereocenters. The molecule has 0 aromatic heterocycles. The van der Waals surface area contributed by atoms with E-state index in [1.54, 1.807) is 0 Å². The third-order valence-corrected chi connectivity index (χ3v) is 2.54. The van der Waals surface area contributed by atoms with Gasteiger partial charge >= 0.3 is 6.18 Å². The van der Waals surface area contributed by atoms with Crippen LogP contribution in [0, 0.1) is 0 Å². The van der Waals surface area contributed by atoms with Crippen molar-refractivity contribution in [1.29, 1.82) is 0 Å². The molecule has 5 heteroatoms. The first-order valence-corrected chi connectivity index (χ1v) is 6.17. The number of alkyl halides is 3. The first kappa shape index (κ1) is 15.7. The summed E-state index contributed by atoms with van der Waals surface area (Å²) in [4.78, 5) is 11.2. The Bertz CT molecular complexity index is 374. The van der Waals surface area contributed by atoms with Crippen LogP contribution in [0.5, 0.6) is 0 Å². The van der Waals surface area contributed by atoms with Crippen molar-refractivity contribution in [1.82, 2.24) is 0 Å². The van der Waals surface area contributed by atoms with Gasteiger partial charge in [-0.25, -0.2) is 0 Å². The standard InChI is InChI=1S/C14H17F3O2/c15-14(16,17)9-8-13(18)7-4-10-19-11-12-5-2-1-3-6-12/h1-3,5-6H,4,7-11H2. The van der Waals surface area contributed by atoms with Crippen LogP contribution in [0.3, 0.4) is 0 Å². The predicted molar refractivity (Wildman–Crippen MR) is 65.6 cm³/mol. The lowest BCUT2D eigenvalue weighted by Gasteiger charge is -2.06. The van der Waals surface area contributed by atoms with Crippen molar-refractivity contribution < 1.29 is 22.7 Å². The molecule has 0 aliphatic heterocycles. The average Bonchev–Trinajstić information content (AvgIpc) is 2.36. The van der Waals surface area contributed by atoms with Crippen LogP contribution in [0.1, 0.15) is 31.2 Å². The summed E-state index contributed by atoms with van der Waals surface area (Å²) in [5.41, 5.74) is 1.03. The highest BCUT2D eigenvalue weighted by Gasteiger charge is 2.27. The number of hydrogen-bond donors (Lipinski definition) is 0. The van der Waals surface area contributed by atoms with E-state index in [1.807, 2.05) is 30.3 Å². The van der Waals surface area contributed by atoms with Gasteiger partial charge in [0.1, 0.15) is 5.78 Å². The van der Waals surface area contributed by atoms with Crippen LogP contribution in [0.2, 0.25) is 0 Å². The first-order valence-electron chi connectivity index (χ1n) is 6.17. The molecule has 1 rings (SSSR count). The second kappa shape index (κ2) is 7.94. The summed E-state index contributed by atoms with van der Waals surface area (Å²) in [6.45, 7) is 0.838. The molecule has 2 nitrogen and oxygen atoms in total. The van der Waals surface area contributed by atoms with Crippen LogP contribution in [0.15, 0.2) is 30.3 Å². The predicted octanol–water partition coefficient (Wildman–Crippen LogP) is 3.90. The molecule has 0 aliphatic carbocycles. The van der Waals surface area contributed by atoms with Crippen LogP contribution >= 0.6 is 0 Å². The number of benzene rings is 1. The Morgan fingerprint density at radius 3 is 2.42 bits per heavy atom. The highest BCUT2D eigenvalue weighted by atomic mass is 19.4. The second-order valence-corrected chi connectivity index (χ2v) is 4.30. The van der Waals surface area contributed by atoms with Gasteiger partial charge in [0, 0.05) is 19.4 Å². The quantitative estimate of drug-likeness (QED) is 0.672. The number of halogens is 3. The van der Waals surface area contributed by atoms with E-state index in [-0.39, 0.29) is 12.2 Å². The fourth-order valence-corrected chi connectivity index (χ4v) is 1.54. The smallest absolute Gasteiger partial charge is 0.377 e. The van der Waals surface area contributed by atoms with E-state index in [0.29, 0.717) is 19.6 Å². The van der Waals surface area contributed by atoms with Gasteiger partial charge in [-0.3, -0.25) is 4.79 Å². The summed E-state index contributed by atoms with van der Waals surface area (Å²) in [5.74, 6) is -0.361. The van der Waals surface area contributed by atoms with Gasteiger partial charge < -0.3 is 4.74 Å². The molecule has 0 aliphatic rings. The van der Waals surface area contributed by atoms with Crippen molar-refractivity contribution >= 4 is 5.78 Å². The molecular formula is C14H17F3O2. The number of carbonyl (C=O) groups is 1. The van der Waals surface area contributed by atoms with E-state index in [2.05, 4.69) is 0 Å². The van der Waals surface area contributed by atoms with E-state index < -0.39 is 19.0 Å². The third kappa shape index (κ3) is 8.37. The molecule has 0 fully saturated rings. The monoisotopic (exact) mass is 274 g/mol. The molecule has 0 radical (unpaired) electrons. The van der Waals surface area contributed by atoms with E-state index in [0.717, 1.165) is 5.56 Å². The van der Waals surface area contributed by atoms with Gasteiger partial charge in [-0.2, -0.15) is 13.2 Å². The number of ether oxygens (including phenoxy) is 1. The summed E-state index contributed by atoms with van der Waals surface area (Å²) in [7, 11) is 0. The summed E-state index contributed by atoms with van der Waals surface area (Å²) >= 11 is 0. The van der Waals surface area contributed by atoms with Crippen molar-refractivity contribution in [2.45, 2.75) is 38.5 Å². The summed E-state index contributed by atoms with van der Waals surface area (Å²) < 4.78 is 41.0. The second-order valence-electron chi connectivity index (χ2n) is 4.30. The molecule has 106 valence electrons. The summed E-state index contributed by atoms with van der Waals surface area (Å²) in [6, 6.07) is 9.56. The Kier molecular flexibility index (Phi) is 6.56. The molecule has 1 aromatic rings. The number of ketones is 1. The molecule has 0 heterocycles. The fraction of sp³-hybridized carbons (Fsp3) is 0.500. The largest absolute Gasteiger partial charge is 0.389 e. The van der Waals surface area contributed by atoms with Crippen molar-refractivity contribution in [3.05, 3.63) is 35.9 Å². The van der Waals surface area contributed by atoms with Crippen LogP contribution < -0.4 is 0 Å². The molecule has 0 saturated heterocycles. The highest BCUT2D eigenvalue weighted by Crippen LogP contribution is 2.21. The zero-order valence-corrected chi connectivity index (χ0v) is 10.6. The van der Waals surface area contributed by atoms with E-state index >= 15 is 0 Å². The van der Waals surface area contributed by atoms with Crippen LogP contribution in [0.4, 0.5) is 13.2 Å². The lowest BCUT2D eigenvalue weighted by Crippen LogP contribution is -2.11. The summed E-state index contributed by atoms with van der Waals surface area (Å²) in [5, 5.41) is 0. The van der Waals surface area contributed by atoms with E-state index in [4.69, 9.17) is 4.74 Å². The Balaban J connectivity index is 2.03. The Morgan fingerprint density at radius 2 is 1.79 bits per heavy atom. The maximum atomic E-state index is 11.9. The Morgan fingerprint density at radius 1 is 1.11 bits per heavy atom. The minimum atomic E-state index is -4.25. The Hall–Kier alpha value is -1.36. The maximum Gasteiger partial charge on any atom is 0.389 e. The molecule has 1 aromatic carbocycles. The molecule has 19 heavy (non-hydrogen) atoms. The SMILES string of the molecule is O=C(CCCOCc1ccccc1)CCC(F)(F)F. The van der Waals surface area contributed by atoms with Gasteiger partial charge in [0.25, 0.3) is 0 Å². The normalized spacial score (nSPS) is 11.5. The van der Waals surface area contributed by atoms with Crippen molar-refractivity contribution in [3.63, 3.8) is 0 Å². The lowest BCUT2D eigenvalue weighted by atomic mass is 10.1. The van der Waals surface area contributed by atoms with Gasteiger partial charge in [0.2, 0.25) is 0 Å². The average molecular weight is 274 g/mol. The van der Waals surface area contributed by atoms with Crippen LogP contribution in [-0.2, 0) is 16.1 Å². The topological polar surface area (TPSA) is 26.3 Å².